The Morgan fingerprint density at radius 3 is 1.85 bits per heavy atom. The minimum atomic E-state index is -0.328. The number of rotatable bonds is 8. The van der Waals surface area contributed by atoms with Gasteiger partial charge in [0.05, 0.1) is 40.5 Å². The summed E-state index contributed by atoms with van der Waals surface area (Å²) in [5.74, 6) is 2.70. The highest BCUT2D eigenvalue weighted by Gasteiger charge is 2.67. The molecule has 5 aliphatic rings. The molecule has 6 N–H and O–H groups in total. The second kappa shape index (κ2) is 17.1. The predicted octanol–water partition coefficient (Wildman–Crippen LogP) is 6.68. The summed E-state index contributed by atoms with van der Waals surface area (Å²) in [6, 6.07) is 17.8. The van der Waals surface area contributed by atoms with Gasteiger partial charge in [0.1, 0.15) is 45.7 Å². The van der Waals surface area contributed by atoms with Crippen LogP contribution >= 0.6 is 11.6 Å². The lowest BCUT2D eigenvalue weighted by molar-refractivity contribution is 0.533. The van der Waals surface area contributed by atoms with Crippen molar-refractivity contribution in [1.82, 2.24) is 59.0 Å². The Bertz CT molecular complexity index is 3820. The normalized spacial score (nSPS) is 24.9. The molecule has 4 fully saturated rings. The van der Waals surface area contributed by atoms with Gasteiger partial charge in [-0.3, -0.25) is 19.3 Å². The van der Waals surface area contributed by atoms with Crippen LogP contribution in [0.1, 0.15) is 53.9 Å². The molecule has 2 aliphatic heterocycles. The van der Waals surface area contributed by atoms with Gasteiger partial charge in [-0.15, -0.1) is 0 Å². The number of fused-ring (bicyclic) bond motifs is 6. The number of H-pyrrole nitrogens is 2. The summed E-state index contributed by atoms with van der Waals surface area (Å²) < 4.78 is 34.6. The van der Waals surface area contributed by atoms with Crippen LogP contribution in [0.2, 0.25) is 5.02 Å². The van der Waals surface area contributed by atoms with E-state index in [0.29, 0.717) is 69.5 Å². The van der Waals surface area contributed by atoms with Crippen LogP contribution in [0.25, 0.3) is 50.2 Å². The molecule has 14 rings (SSSR count). The van der Waals surface area contributed by atoms with E-state index in [1.807, 2.05) is 56.0 Å². The molecule has 6 aromatic heterocycles. The third kappa shape index (κ3) is 6.70. The highest BCUT2D eigenvalue weighted by molar-refractivity contribution is 6.38. The Hall–Kier alpha value is -7.35. The summed E-state index contributed by atoms with van der Waals surface area (Å²) in [5.41, 5.74) is 22.8. The number of nitrogens with two attached hydrogens (primary N) is 2. The molecule has 74 heavy (non-hydrogen) atoms. The number of imidazole rings is 2. The summed E-state index contributed by atoms with van der Waals surface area (Å²) in [5, 5.41) is 15.6. The average molecular weight is 1020 g/mol. The molecule has 0 bridgehead atoms. The van der Waals surface area contributed by atoms with Crippen LogP contribution in [-0.4, -0.2) is 98.3 Å². The van der Waals surface area contributed by atoms with Crippen molar-refractivity contribution < 1.29 is 8.78 Å². The van der Waals surface area contributed by atoms with E-state index in [2.05, 4.69) is 52.7 Å². The number of aromatic amines is 2. The van der Waals surface area contributed by atoms with E-state index in [9.17, 15) is 13.6 Å². The van der Waals surface area contributed by atoms with Crippen LogP contribution in [0.4, 0.5) is 20.4 Å². The van der Waals surface area contributed by atoms with Gasteiger partial charge < -0.3 is 25.8 Å². The fourth-order valence-electron chi connectivity index (χ4n) is 13.6. The summed E-state index contributed by atoms with van der Waals surface area (Å²) in [4.78, 5) is 40.7. The molecule has 2 saturated heterocycles. The zero-order valence-electron chi connectivity index (χ0n) is 41.4. The standard InChI is InChI=1S/C27H26ClFN8O.C27H29FN8/c1-35-19-8-7-14(21(28)24(19)36(2)26(35)38)22-23-25(34-33-22)32-20(11-31-23)37-10-9-15-17(12-37)27(15,13-30)16-5-3-4-6-18(16)29;1-15-16(7-8-21-23(15)31-14-35(21)2)24-25-26(34-33-24)32-22(11-30-25)36-10-9-17-19(12-36)27(17,13-29)18-5-3-4-6-20(18)28/h3-8,11,15,17H,9-10,12-13,30H2,1-2H3,(H,32,33,34);3-7,11,14-15,17,19H,8-10,12-13,29H2,1-2H3,(H,32,33,34)/t15-,17+,27-;15?,17-,19+,27-/m11/s1. The van der Waals surface area contributed by atoms with Gasteiger partial charge in [0.25, 0.3) is 0 Å². The van der Waals surface area contributed by atoms with Crippen molar-refractivity contribution in [2.45, 2.75) is 42.9 Å². The van der Waals surface area contributed by atoms with Gasteiger partial charge in [0.2, 0.25) is 0 Å². The van der Waals surface area contributed by atoms with E-state index in [1.54, 1.807) is 43.1 Å². The second-order valence-corrected chi connectivity index (χ2v) is 21.2. The first-order valence-corrected chi connectivity index (χ1v) is 25.6. The largest absolute Gasteiger partial charge is 0.355 e. The van der Waals surface area contributed by atoms with Gasteiger partial charge in [0.15, 0.2) is 11.3 Å². The lowest BCUT2D eigenvalue weighted by Crippen LogP contribution is -2.32. The number of aryl methyl sites for hydroxylation is 3. The van der Waals surface area contributed by atoms with Crippen molar-refractivity contribution in [2.24, 2.45) is 56.3 Å². The maximum Gasteiger partial charge on any atom is 0.328 e. The molecule has 2 saturated carbocycles. The average Bonchev–Trinajstić information content (AvgIpc) is 3.85. The smallest absolute Gasteiger partial charge is 0.328 e. The number of nitrogens with one attached hydrogen (secondary N) is 2. The molecule has 8 heterocycles. The minimum Gasteiger partial charge on any atom is -0.355 e. The quantitative estimate of drug-likeness (QED) is 0.126. The lowest BCUT2D eigenvalue weighted by Gasteiger charge is -2.27. The summed E-state index contributed by atoms with van der Waals surface area (Å²) in [6.45, 7) is 6.22. The number of allylic oxidation sites excluding steroid dienone is 2. The van der Waals surface area contributed by atoms with E-state index >= 15 is 0 Å². The SMILES string of the molecule is CC1C(c2n[nH]c3nc(N4CC[C@@H]5[C@H](C4)[C@@]5(CN)c4ccccc4F)cnc23)=CCc2c1ncn2C.Cn1c(=O)n(C)c2c(Cl)c(-c3n[nH]c4nc(N5CC[C@@H]6[C@H](C5)[C@@]6(CN)c5ccccc5F)cnc34)ccc21. The van der Waals surface area contributed by atoms with E-state index in [1.165, 1.54) is 16.3 Å². The van der Waals surface area contributed by atoms with E-state index in [4.69, 9.17) is 43.0 Å². The van der Waals surface area contributed by atoms with E-state index in [0.717, 1.165) is 96.2 Å². The Labute approximate surface area is 428 Å². The molecule has 9 aromatic rings. The highest BCUT2D eigenvalue weighted by Crippen LogP contribution is 2.64. The van der Waals surface area contributed by atoms with Crippen LogP contribution in [0.3, 0.4) is 0 Å². The van der Waals surface area contributed by atoms with Gasteiger partial charge in [0, 0.05) is 94.8 Å². The second-order valence-electron chi connectivity index (χ2n) is 20.8. The van der Waals surface area contributed by atoms with Gasteiger partial charge in [-0.05, 0) is 77.5 Å². The first-order chi connectivity index (χ1) is 35.9. The molecule has 3 aliphatic carbocycles. The van der Waals surface area contributed by atoms with Crippen LogP contribution in [0, 0.1) is 35.3 Å². The molecule has 7 atom stereocenters. The number of aromatic nitrogens is 12. The first-order valence-electron chi connectivity index (χ1n) is 25.3. The number of benzene rings is 3. The van der Waals surface area contributed by atoms with Crippen molar-refractivity contribution >= 4 is 62.2 Å². The number of nitrogens with zero attached hydrogens (tertiary/aromatic N) is 12. The fourth-order valence-corrected chi connectivity index (χ4v) is 14.0. The molecular weight excluding hydrogens is 962 g/mol. The van der Waals surface area contributed by atoms with Crippen LogP contribution < -0.4 is 27.0 Å². The molecule has 0 spiro atoms. The third-order valence-corrected chi connectivity index (χ3v) is 18.0. The van der Waals surface area contributed by atoms with E-state index in [-0.39, 0.29) is 40.0 Å². The molecule has 20 heteroatoms. The first kappa shape index (κ1) is 46.4. The molecular formula is C54H55ClF2N16O. The number of anilines is 2. The zero-order valence-corrected chi connectivity index (χ0v) is 42.2. The third-order valence-electron chi connectivity index (χ3n) is 17.6. The topological polar surface area (TPSA) is 212 Å². The molecule has 17 nitrogen and oxygen atoms in total. The van der Waals surface area contributed by atoms with Crippen LogP contribution in [0.5, 0.6) is 0 Å². The molecule has 0 amide bonds. The summed E-state index contributed by atoms with van der Waals surface area (Å²) in [6.07, 6.45) is 10.4. The Balaban J connectivity index is 0.000000143. The van der Waals surface area contributed by atoms with Crippen LogP contribution in [-0.2, 0) is 38.4 Å². The van der Waals surface area contributed by atoms with Gasteiger partial charge >= 0.3 is 5.69 Å². The van der Waals surface area contributed by atoms with Crippen molar-refractivity contribution in [3.05, 3.63) is 141 Å². The fraction of sp³-hybridized carbons (Fsp3) is 0.370. The summed E-state index contributed by atoms with van der Waals surface area (Å²) >= 11 is 6.78. The van der Waals surface area contributed by atoms with Crippen molar-refractivity contribution in [1.29, 1.82) is 0 Å². The molecule has 1 unspecified atom stereocenters. The Morgan fingerprint density at radius 2 is 1.28 bits per heavy atom. The lowest BCUT2D eigenvalue weighted by atomic mass is 9.87. The number of halogens is 3. The van der Waals surface area contributed by atoms with E-state index < -0.39 is 0 Å². The molecule has 378 valence electrons. The Morgan fingerprint density at radius 1 is 0.730 bits per heavy atom. The highest BCUT2D eigenvalue weighted by atomic mass is 35.5. The minimum absolute atomic E-state index is 0.139. The number of piperidine rings is 2. The molecule has 3 aromatic carbocycles. The maximum absolute atomic E-state index is 14.7. The predicted molar refractivity (Wildman–Crippen MR) is 281 cm³/mol. The number of hydrogen-bond acceptors (Lipinski definition) is 12. The number of hydrogen-bond donors (Lipinski definition) is 4. The monoisotopic (exact) mass is 1020 g/mol. The van der Waals surface area contributed by atoms with Crippen molar-refractivity contribution in [3.8, 4) is 11.3 Å². The molecule has 0 radical (unpaired) electrons. The van der Waals surface area contributed by atoms with Gasteiger partial charge in [-0.2, -0.15) is 10.2 Å². The van der Waals surface area contributed by atoms with Crippen molar-refractivity contribution in [3.63, 3.8) is 0 Å². The Kier molecular flexibility index (Phi) is 10.7. The van der Waals surface area contributed by atoms with Crippen LogP contribution in [0.15, 0.2) is 90.3 Å². The van der Waals surface area contributed by atoms with Crippen molar-refractivity contribution in [2.75, 3.05) is 49.1 Å². The zero-order chi connectivity index (χ0) is 50.9. The van der Waals surface area contributed by atoms with Gasteiger partial charge in [-0.1, -0.05) is 61.0 Å². The summed E-state index contributed by atoms with van der Waals surface area (Å²) in [7, 11) is 5.45. The maximum atomic E-state index is 14.7. The van der Waals surface area contributed by atoms with Gasteiger partial charge in [-0.25, -0.2) is 38.5 Å².